The smallest absolute Gasteiger partial charge is 0.178 e. The van der Waals surface area contributed by atoms with Gasteiger partial charge in [-0.1, -0.05) is 6.92 Å². The molecular weight excluding hydrogens is 80.1 g/mol. The van der Waals surface area contributed by atoms with Crippen LogP contribution in [0.2, 0.25) is 6.04 Å². The van der Waals surface area contributed by atoms with Crippen LogP contribution in [0, 0.1) is 0 Å². The summed E-state index contributed by atoms with van der Waals surface area (Å²) in [6, 6.07) is 1.00. The van der Waals surface area contributed by atoms with E-state index in [-0.39, 0.29) is 0 Å². The summed E-state index contributed by atoms with van der Waals surface area (Å²) in [6.07, 6.45) is 0. The number of rotatable bonds is 1. The molecule has 0 bridgehead atoms. The molecule has 0 aliphatic carbocycles. The normalized spacial score (nSPS) is 9.60. The van der Waals surface area contributed by atoms with Crippen LogP contribution in [0.5, 0.6) is 0 Å². The first-order valence-corrected chi connectivity index (χ1v) is 3.93. The summed E-state index contributed by atoms with van der Waals surface area (Å²) in [5, 5.41) is 10.4. The molecule has 2 nitrogen and oxygen atoms in total. The van der Waals surface area contributed by atoms with Crippen molar-refractivity contribution >= 4 is 9.12 Å². The zero-order chi connectivity index (χ0) is 4.28. The van der Waals surface area contributed by atoms with Gasteiger partial charge in [0.05, 0.1) is 0 Å². The van der Waals surface area contributed by atoms with Crippen molar-refractivity contribution in [3.8, 4) is 0 Å². The van der Waals surface area contributed by atoms with Crippen LogP contribution in [0.25, 0.3) is 0 Å². The van der Waals surface area contributed by atoms with Crippen LogP contribution in [-0.4, -0.2) is 9.12 Å². The molecule has 32 valence electrons. The summed E-state index contributed by atoms with van der Waals surface area (Å²) >= 11 is 0. The largest absolute Gasteiger partial charge is 0.342 e. The van der Waals surface area contributed by atoms with E-state index < -0.39 is 9.12 Å². The standard InChI is InChI=1S/C2H10N2Si/c1-2-5(3)4/h5H,2-4H2,1H3. The first kappa shape index (κ1) is 5.14. The summed E-state index contributed by atoms with van der Waals surface area (Å²) in [5.74, 6) is 0. The van der Waals surface area contributed by atoms with Gasteiger partial charge in [0, 0.05) is 0 Å². The van der Waals surface area contributed by atoms with Gasteiger partial charge in [0.15, 0.2) is 9.12 Å². The summed E-state index contributed by atoms with van der Waals surface area (Å²) < 4.78 is 0. The average molecular weight is 90.2 g/mol. The predicted molar refractivity (Wildman–Crippen MR) is 26.0 cm³/mol. The highest BCUT2D eigenvalue weighted by atomic mass is 28.3. The minimum Gasteiger partial charge on any atom is -0.342 e. The summed E-state index contributed by atoms with van der Waals surface area (Å²) in [7, 11) is -1.15. The third kappa shape index (κ3) is 4.14. The van der Waals surface area contributed by atoms with Crippen LogP contribution < -0.4 is 10.8 Å². The molecule has 0 fully saturated rings. The first-order valence-electron chi connectivity index (χ1n) is 1.78. The van der Waals surface area contributed by atoms with Crippen LogP contribution in [0.3, 0.4) is 0 Å². The number of nitrogens with two attached hydrogens (primary N) is 2. The fraction of sp³-hybridized carbons (Fsp3) is 1.00. The van der Waals surface area contributed by atoms with Crippen molar-refractivity contribution < 1.29 is 0 Å². The molecule has 0 heterocycles. The van der Waals surface area contributed by atoms with E-state index in [1.807, 2.05) is 6.92 Å². The lowest BCUT2D eigenvalue weighted by atomic mass is 11.0. The minimum atomic E-state index is -1.15. The van der Waals surface area contributed by atoms with Crippen molar-refractivity contribution in [3.05, 3.63) is 0 Å². The Bertz CT molecular complexity index is 21.6. The van der Waals surface area contributed by atoms with E-state index in [1.54, 1.807) is 0 Å². The maximum Gasteiger partial charge on any atom is 0.178 e. The van der Waals surface area contributed by atoms with Gasteiger partial charge < -0.3 is 10.8 Å². The van der Waals surface area contributed by atoms with Gasteiger partial charge in [0.2, 0.25) is 0 Å². The quantitative estimate of drug-likeness (QED) is 0.412. The molecule has 0 aromatic heterocycles. The number of hydrogen-bond acceptors (Lipinski definition) is 2. The lowest BCUT2D eigenvalue weighted by molar-refractivity contribution is 1.36. The molecule has 0 aliphatic heterocycles. The molecule has 0 atom stereocenters. The summed E-state index contributed by atoms with van der Waals surface area (Å²) in [6.45, 7) is 2.01. The Kier molecular flexibility index (Phi) is 2.44. The van der Waals surface area contributed by atoms with Crippen molar-refractivity contribution in [2.75, 3.05) is 0 Å². The Morgan fingerprint density at radius 3 is 1.80 bits per heavy atom. The van der Waals surface area contributed by atoms with Crippen molar-refractivity contribution in [3.63, 3.8) is 0 Å². The maximum atomic E-state index is 5.21. The monoisotopic (exact) mass is 90.1 g/mol. The maximum absolute atomic E-state index is 5.21. The zero-order valence-corrected chi connectivity index (χ0v) is 4.59. The van der Waals surface area contributed by atoms with Gasteiger partial charge in [-0.3, -0.25) is 0 Å². The van der Waals surface area contributed by atoms with Crippen LogP contribution in [-0.2, 0) is 0 Å². The minimum absolute atomic E-state index is 1.00. The fourth-order valence-electron chi connectivity index (χ4n) is 0. The van der Waals surface area contributed by atoms with Crippen molar-refractivity contribution in [2.24, 2.45) is 10.8 Å². The highest BCUT2D eigenvalue weighted by Crippen LogP contribution is 1.66. The molecule has 0 aliphatic rings. The Balaban J connectivity index is 2.54. The lowest BCUT2D eigenvalue weighted by Crippen LogP contribution is -2.35. The Morgan fingerprint density at radius 2 is 1.80 bits per heavy atom. The average Bonchev–Trinajstić information content (AvgIpc) is 1.38. The van der Waals surface area contributed by atoms with E-state index in [1.165, 1.54) is 0 Å². The summed E-state index contributed by atoms with van der Waals surface area (Å²) in [4.78, 5) is 0. The van der Waals surface area contributed by atoms with E-state index in [0.29, 0.717) is 0 Å². The molecule has 0 unspecified atom stereocenters. The molecule has 4 N–H and O–H groups in total. The molecule has 0 aromatic rings. The van der Waals surface area contributed by atoms with E-state index in [0.717, 1.165) is 6.04 Å². The van der Waals surface area contributed by atoms with Crippen LogP contribution >= 0.6 is 0 Å². The lowest BCUT2D eigenvalue weighted by Gasteiger charge is -1.88. The van der Waals surface area contributed by atoms with Crippen LogP contribution in [0.4, 0.5) is 0 Å². The van der Waals surface area contributed by atoms with Crippen LogP contribution in [0.1, 0.15) is 6.92 Å². The van der Waals surface area contributed by atoms with Gasteiger partial charge in [-0.25, -0.2) is 0 Å². The second-order valence-electron chi connectivity index (χ2n) is 1.07. The van der Waals surface area contributed by atoms with E-state index in [9.17, 15) is 0 Å². The third-order valence-electron chi connectivity index (χ3n) is 0.471. The molecule has 0 saturated heterocycles. The van der Waals surface area contributed by atoms with Gasteiger partial charge in [0.1, 0.15) is 0 Å². The Morgan fingerprint density at radius 1 is 1.60 bits per heavy atom. The summed E-state index contributed by atoms with van der Waals surface area (Å²) in [5.41, 5.74) is 0. The van der Waals surface area contributed by atoms with Gasteiger partial charge in [-0.2, -0.15) is 0 Å². The van der Waals surface area contributed by atoms with E-state index in [2.05, 4.69) is 0 Å². The second-order valence-corrected chi connectivity index (χ2v) is 3.22. The molecule has 0 spiro atoms. The van der Waals surface area contributed by atoms with Gasteiger partial charge in [0.25, 0.3) is 0 Å². The fourth-order valence-corrected chi connectivity index (χ4v) is 0. The van der Waals surface area contributed by atoms with E-state index in [4.69, 9.17) is 10.8 Å². The Labute approximate surface area is 33.9 Å². The predicted octanol–water partition coefficient (Wildman–Crippen LogP) is -0.856. The third-order valence-corrected chi connectivity index (χ3v) is 1.41. The highest BCUT2D eigenvalue weighted by Gasteiger charge is 1.84. The number of hydrogen-bond donors (Lipinski definition) is 2. The van der Waals surface area contributed by atoms with Crippen molar-refractivity contribution in [1.82, 2.24) is 0 Å². The SMILES string of the molecule is CC[SiH](N)N. The molecule has 0 aromatic carbocycles. The molecule has 3 heteroatoms. The van der Waals surface area contributed by atoms with Gasteiger partial charge in [-0.05, 0) is 6.04 Å². The van der Waals surface area contributed by atoms with Crippen molar-refractivity contribution in [2.45, 2.75) is 13.0 Å². The topological polar surface area (TPSA) is 52.0 Å². The molecule has 0 amide bonds. The van der Waals surface area contributed by atoms with Gasteiger partial charge >= 0.3 is 0 Å². The Hall–Kier alpha value is 0.137. The van der Waals surface area contributed by atoms with Crippen molar-refractivity contribution in [1.29, 1.82) is 0 Å². The van der Waals surface area contributed by atoms with Crippen LogP contribution in [0.15, 0.2) is 0 Å². The molecule has 0 radical (unpaired) electrons. The molecule has 0 saturated carbocycles. The highest BCUT2D eigenvalue weighted by molar-refractivity contribution is 6.51. The molecule has 0 rings (SSSR count). The molecule has 5 heavy (non-hydrogen) atoms. The first-order chi connectivity index (χ1) is 2.27. The molecular formula is C2H10N2Si. The zero-order valence-electron chi connectivity index (χ0n) is 3.44. The van der Waals surface area contributed by atoms with E-state index >= 15 is 0 Å². The second kappa shape index (κ2) is 2.38. The van der Waals surface area contributed by atoms with Gasteiger partial charge in [-0.15, -0.1) is 0 Å².